The Morgan fingerprint density at radius 1 is 0.962 bits per heavy atom. The zero-order valence-corrected chi connectivity index (χ0v) is 14.9. The van der Waals surface area contributed by atoms with Gasteiger partial charge in [0.05, 0.1) is 7.11 Å². The van der Waals surface area contributed by atoms with E-state index in [-0.39, 0.29) is 11.6 Å². The van der Waals surface area contributed by atoms with Gasteiger partial charge in [-0.2, -0.15) is 0 Å². The van der Waals surface area contributed by atoms with E-state index in [1.54, 1.807) is 32.2 Å². The third kappa shape index (κ3) is 4.36. The third-order valence-corrected chi connectivity index (χ3v) is 3.72. The number of amides is 1. The quantitative estimate of drug-likeness (QED) is 0.726. The van der Waals surface area contributed by atoms with Crippen molar-refractivity contribution < 1.29 is 9.53 Å². The van der Waals surface area contributed by atoms with E-state index in [1.807, 2.05) is 43.3 Å². The van der Waals surface area contributed by atoms with Gasteiger partial charge >= 0.3 is 0 Å². The molecule has 6 heteroatoms. The number of aromatic nitrogens is 2. The van der Waals surface area contributed by atoms with Crippen LogP contribution in [0.3, 0.4) is 0 Å². The van der Waals surface area contributed by atoms with Crippen LogP contribution in [0.1, 0.15) is 21.9 Å². The maximum absolute atomic E-state index is 12.5. The predicted octanol–water partition coefficient (Wildman–Crippen LogP) is 4.10. The fourth-order valence-corrected chi connectivity index (χ4v) is 2.43. The van der Waals surface area contributed by atoms with Crippen LogP contribution in [0.5, 0.6) is 5.75 Å². The SMILES string of the molecule is COc1cccc(NC(=O)c2cc(Nc3ccc(C)cc3)nc(C)n2)c1. The Labute approximate surface area is 152 Å². The van der Waals surface area contributed by atoms with Crippen molar-refractivity contribution in [2.45, 2.75) is 13.8 Å². The van der Waals surface area contributed by atoms with Gasteiger partial charge in [0.1, 0.15) is 23.1 Å². The molecule has 1 amide bonds. The molecule has 0 radical (unpaired) electrons. The molecule has 2 aromatic carbocycles. The molecule has 0 aliphatic carbocycles. The normalized spacial score (nSPS) is 10.3. The lowest BCUT2D eigenvalue weighted by molar-refractivity contribution is 0.102. The second-order valence-corrected chi connectivity index (χ2v) is 5.86. The van der Waals surface area contributed by atoms with Crippen molar-refractivity contribution >= 4 is 23.1 Å². The summed E-state index contributed by atoms with van der Waals surface area (Å²) in [6.07, 6.45) is 0. The predicted molar refractivity (Wildman–Crippen MR) is 102 cm³/mol. The molecule has 0 bridgehead atoms. The first kappa shape index (κ1) is 17.4. The van der Waals surface area contributed by atoms with Gasteiger partial charge in [-0.3, -0.25) is 4.79 Å². The molecule has 26 heavy (non-hydrogen) atoms. The lowest BCUT2D eigenvalue weighted by Crippen LogP contribution is -2.15. The summed E-state index contributed by atoms with van der Waals surface area (Å²) in [7, 11) is 1.58. The van der Waals surface area contributed by atoms with E-state index in [0.29, 0.717) is 23.1 Å². The van der Waals surface area contributed by atoms with Crippen LogP contribution in [0.4, 0.5) is 17.2 Å². The molecule has 0 atom stereocenters. The van der Waals surface area contributed by atoms with Gasteiger partial charge < -0.3 is 15.4 Å². The van der Waals surface area contributed by atoms with Crippen LogP contribution in [0.15, 0.2) is 54.6 Å². The average Bonchev–Trinajstić information content (AvgIpc) is 2.63. The number of hydrogen-bond acceptors (Lipinski definition) is 5. The van der Waals surface area contributed by atoms with Crippen LogP contribution in [0.2, 0.25) is 0 Å². The van der Waals surface area contributed by atoms with Crippen molar-refractivity contribution in [3.05, 3.63) is 71.7 Å². The van der Waals surface area contributed by atoms with Gasteiger partial charge in [-0.15, -0.1) is 0 Å². The minimum Gasteiger partial charge on any atom is -0.497 e. The summed E-state index contributed by atoms with van der Waals surface area (Å²) < 4.78 is 5.17. The molecule has 3 aromatic rings. The van der Waals surface area contributed by atoms with Gasteiger partial charge in [0.25, 0.3) is 5.91 Å². The molecule has 0 spiro atoms. The molecular weight excluding hydrogens is 328 g/mol. The molecule has 0 fully saturated rings. The molecule has 1 aromatic heterocycles. The largest absolute Gasteiger partial charge is 0.497 e. The highest BCUT2D eigenvalue weighted by Crippen LogP contribution is 2.19. The minimum atomic E-state index is -0.310. The summed E-state index contributed by atoms with van der Waals surface area (Å²) >= 11 is 0. The molecule has 3 rings (SSSR count). The number of hydrogen-bond donors (Lipinski definition) is 2. The standard InChI is InChI=1S/C20H20N4O2/c1-13-7-9-15(10-8-13)23-19-12-18(21-14(2)22-19)20(25)24-16-5-4-6-17(11-16)26-3/h4-12H,1-3H3,(H,24,25)(H,21,22,23). The van der Waals surface area contributed by atoms with Gasteiger partial charge in [-0.05, 0) is 38.1 Å². The molecule has 2 N–H and O–H groups in total. The van der Waals surface area contributed by atoms with E-state index in [2.05, 4.69) is 20.6 Å². The van der Waals surface area contributed by atoms with Crippen LogP contribution < -0.4 is 15.4 Å². The van der Waals surface area contributed by atoms with Gasteiger partial charge in [-0.25, -0.2) is 9.97 Å². The fraction of sp³-hybridized carbons (Fsp3) is 0.150. The first-order valence-electron chi connectivity index (χ1n) is 8.18. The van der Waals surface area contributed by atoms with Crippen LogP contribution in [-0.4, -0.2) is 23.0 Å². The van der Waals surface area contributed by atoms with Gasteiger partial charge in [-0.1, -0.05) is 23.8 Å². The highest BCUT2D eigenvalue weighted by molar-refractivity contribution is 6.03. The minimum absolute atomic E-state index is 0.287. The van der Waals surface area contributed by atoms with E-state index in [4.69, 9.17) is 4.74 Å². The van der Waals surface area contributed by atoms with E-state index in [1.165, 1.54) is 5.56 Å². The van der Waals surface area contributed by atoms with Crippen LogP contribution in [0, 0.1) is 13.8 Å². The summed E-state index contributed by atoms with van der Waals surface area (Å²) in [5.74, 6) is 1.44. The van der Waals surface area contributed by atoms with Crippen LogP contribution >= 0.6 is 0 Å². The van der Waals surface area contributed by atoms with Crippen molar-refractivity contribution in [3.8, 4) is 5.75 Å². The summed E-state index contributed by atoms with van der Waals surface area (Å²) in [5, 5.41) is 6.02. The molecule has 1 heterocycles. The molecule has 132 valence electrons. The number of carbonyl (C=O) groups is 1. The highest BCUT2D eigenvalue weighted by atomic mass is 16.5. The van der Waals surface area contributed by atoms with Crippen molar-refractivity contribution in [1.82, 2.24) is 9.97 Å². The molecular formula is C20H20N4O2. The van der Waals surface area contributed by atoms with E-state index in [9.17, 15) is 4.79 Å². The smallest absolute Gasteiger partial charge is 0.274 e. The molecule has 0 saturated carbocycles. The van der Waals surface area contributed by atoms with Gasteiger partial charge in [0, 0.05) is 23.5 Å². The van der Waals surface area contributed by atoms with Crippen LogP contribution in [0.25, 0.3) is 0 Å². The number of benzene rings is 2. The molecule has 6 nitrogen and oxygen atoms in total. The Kier molecular flexibility index (Phi) is 5.12. The van der Waals surface area contributed by atoms with Crippen molar-refractivity contribution in [1.29, 1.82) is 0 Å². The van der Waals surface area contributed by atoms with Gasteiger partial charge in [0.15, 0.2) is 0 Å². The highest BCUT2D eigenvalue weighted by Gasteiger charge is 2.11. The number of rotatable bonds is 5. The Morgan fingerprint density at radius 2 is 1.73 bits per heavy atom. The summed E-state index contributed by atoms with van der Waals surface area (Å²) in [4.78, 5) is 21.1. The van der Waals surface area contributed by atoms with Crippen molar-refractivity contribution in [3.63, 3.8) is 0 Å². The maximum Gasteiger partial charge on any atom is 0.274 e. The Morgan fingerprint density at radius 3 is 2.46 bits per heavy atom. The molecule has 0 aliphatic heterocycles. The molecule has 0 unspecified atom stereocenters. The first-order chi connectivity index (χ1) is 12.5. The van der Waals surface area contributed by atoms with Crippen molar-refractivity contribution in [2.75, 3.05) is 17.7 Å². The maximum atomic E-state index is 12.5. The summed E-state index contributed by atoms with van der Waals surface area (Å²) in [6.45, 7) is 3.78. The summed E-state index contributed by atoms with van der Waals surface area (Å²) in [5.41, 5.74) is 2.99. The average molecular weight is 348 g/mol. The number of aryl methyl sites for hydroxylation is 2. The number of methoxy groups -OCH3 is 1. The van der Waals surface area contributed by atoms with Gasteiger partial charge in [0.2, 0.25) is 0 Å². The number of carbonyl (C=O) groups excluding carboxylic acids is 1. The summed E-state index contributed by atoms with van der Waals surface area (Å²) in [6, 6.07) is 16.7. The molecule has 0 saturated heterocycles. The zero-order valence-electron chi connectivity index (χ0n) is 14.9. The fourth-order valence-electron chi connectivity index (χ4n) is 2.43. The second kappa shape index (κ2) is 7.65. The third-order valence-electron chi connectivity index (χ3n) is 3.72. The van der Waals surface area contributed by atoms with E-state index >= 15 is 0 Å². The number of nitrogens with one attached hydrogen (secondary N) is 2. The lowest BCUT2D eigenvalue weighted by atomic mass is 10.2. The zero-order chi connectivity index (χ0) is 18.5. The monoisotopic (exact) mass is 348 g/mol. The topological polar surface area (TPSA) is 76.1 Å². The second-order valence-electron chi connectivity index (χ2n) is 5.86. The van der Waals surface area contributed by atoms with E-state index < -0.39 is 0 Å². The number of nitrogens with zero attached hydrogens (tertiary/aromatic N) is 2. The Balaban J connectivity index is 1.79. The van der Waals surface area contributed by atoms with Crippen molar-refractivity contribution in [2.24, 2.45) is 0 Å². The first-order valence-corrected chi connectivity index (χ1v) is 8.18. The number of ether oxygens (including phenoxy) is 1. The van der Waals surface area contributed by atoms with Crippen LogP contribution in [-0.2, 0) is 0 Å². The van der Waals surface area contributed by atoms with E-state index in [0.717, 1.165) is 5.69 Å². The lowest BCUT2D eigenvalue weighted by Gasteiger charge is -2.10. The number of anilines is 3. The Hall–Kier alpha value is -3.41. The molecule has 0 aliphatic rings. The Bertz CT molecular complexity index is 923.